The third-order valence-electron chi connectivity index (χ3n) is 1.79. The quantitative estimate of drug-likeness (QED) is 0.527. The normalized spacial score (nSPS) is 7.11. The number of hydrogen-bond donors (Lipinski definition) is 0. The molecule has 0 fully saturated rings. The molecule has 1 rings (SSSR count). The van der Waals surface area contributed by atoms with Gasteiger partial charge in [0.2, 0.25) is 0 Å². The molecule has 0 aromatic heterocycles. The summed E-state index contributed by atoms with van der Waals surface area (Å²) in [5, 5.41) is 7.99. The van der Waals surface area contributed by atoms with Gasteiger partial charge in [-0.1, -0.05) is 81.8 Å². The lowest BCUT2D eigenvalue weighted by molar-refractivity contribution is 1.16. The molecule has 0 saturated heterocycles. The van der Waals surface area contributed by atoms with E-state index in [0.717, 1.165) is 6.42 Å². The van der Waals surface area contributed by atoms with Crippen molar-refractivity contribution >= 4 is 6.08 Å². The topological polar surface area (TPSA) is 23.8 Å². The maximum Gasteiger partial charge on any atom is 0.0940 e. The van der Waals surface area contributed by atoms with Gasteiger partial charge in [-0.15, -0.1) is 0 Å². The van der Waals surface area contributed by atoms with E-state index in [0.29, 0.717) is 5.57 Å². The number of hydrogen-bond acceptors (Lipinski definition) is 1. The van der Waals surface area contributed by atoms with E-state index in [4.69, 9.17) is 5.26 Å². The minimum absolute atomic E-state index is 0.648. The first-order valence-corrected chi connectivity index (χ1v) is 5.65. The zero-order chi connectivity index (χ0) is 14.2. The van der Waals surface area contributed by atoms with Gasteiger partial charge in [-0.3, -0.25) is 0 Å². The predicted octanol–water partition coefficient (Wildman–Crippen LogP) is 5.16. The number of allylic oxidation sites excluding steroid dienone is 3. The first-order valence-electron chi connectivity index (χ1n) is 5.65. The third-order valence-corrected chi connectivity index (χ3v) is 1.79. The van der Waals surface area contributed by atoms with Crippen LogP contribution in [0.5, 0.6) is 0 Å². The lowest BCUT2D eigenvalue weighted by Gasteiger charge is -1.85. The summed E-state index contributed by atoms with van der Waals surface area (Å²) >= 11 is 0. The van der Waals surface area contributed by atoms with Crippen molar-refractivity contribution in [2.75, 3.05) is 0 Å². The predicted molar refractivity (Wildman–Crippen MR) is 82.0 cm³/mol. The third kappa shape index (κ3) is 13.7. The summed E-state index contributed by atoms with van der Waals surface area (Å²) in [6, 6.07) is 11.9. The van der Waals surface area contributed by atoms with Crippen molar-refractivity contribution in [3.8, 4) is 6.07 Å². The number of rotatable bonds is 3. The van der Waals surface area contributed by atoms with Crippen LogP contribution in [0.25, 0.3) is 6.08 Å². The average molecular weight is 239 g/mol. The SMILES string of the molecule is C=C(C#N)CC.C=CC=C.C=Cc1ccccc1. The summed E-state index contributed by atoms with van der Waals surface area (Å²) in [6.07, 6.45) is 5.89. The molecule has 0 spiro atoms. The first kappa shape index (κ1) is 18.0. The van der Waals surface area contributed by atoms with Crippen LogP contribution in [0.2, 0.25) is 0 Å². The van der Waals surface area contributed by atoms with Gasteiger partial charge in [0.1, 0.15) is 0 Å². The highest BCUT2D eigenvalue weighted by Crippen LogP contribution is 1.97. The summed E-state index contributed by atoms with van der Waals surface area (Å²) < 4.78 is 0. The van der Waals surface area contributed by atoms with Crippen molar-refractivity contribution in [1.82, 2.24) is 0 Å². The molecule has 1 aromatic rings. The molecule has 1 heteroatoms. The highest BCUT2D eigenvalue weighted by Gasteiger charge is 1.77. The smallest absolute Gasteiger partial charge is 0.0940 e. The fourth-order valence-electron chi connectivity index (χ4n) is 0.668. The monoisotopic (exact) mass is 239 g/mol. The van der Waals surface area contributed by atoms with Gasteiger partial charge >= 0.3 is 0 Å². The Bertz CT molecular complexity index is 387. The van der Waals surface area contributed by atoms with E-state index >= 15 is 0 Å². The van der Waals surface area contributed by atoms with Crippen molar-refractivity contribution in [2.45, 2.75) is 13.3 Å². The Kier molecular flexibility index (Phi) is 14.7. The minimum atomic E-state index is 0.648. The van der Waals surface area contributed by atoms with E-state index in [9.17, 15) is 0 Å². The van der Waals surface area contributed by atoms with E-state index < -0.39 is 0 Å². The van der Waals surface area contributed by atoms with Gasteiger partial charge in [0.15, 0.2) is 0 Å². The van der Waals surface area contributed by atoms with Crippen molar-refractivity contribution in [3.63, 3.8) is 0 Å². The van der Waals surface area contributed by atoms with E-state index in [-0.39, 0.29) is 0 Å². The average Bonchev–Trinajstić information content (AvgIpc) is 2.48. The van der Waals surface area contributed by atoms with Crippen LogP contribution in [-0.4, -0.2) is 0 Å². The summed E-state index contributed by atoms with van der Waals surface area (Å²) in [7, 11) is 0. The molecular weight excluding hydrogens is 218 g/mol. The van der Waals surface area contributed by atoms with Crippen LogP contribution in [0, 0.1) is 11.3 Å². The molecule has 0 unspecified atom stereocenters. The van der Waals surface area contributed by atoms with Crippen LogP contribution < -0.4 is 0 Å². The zero-order valence-electron chi connectivity index (χ0n) is 11.1. The van der Waals surface area contributed by atoms with Gasteiger partial charge in [-0.2, -0.15) is 5.26 Å². The molecule has 0 N–H and O–H groups in total. The Balaban J connectivity index is 0. The second-order valence-corrected chi connectivity index (χ2v) is 3.16. The molecule has 0 atom stereocenters. The number of nitriles is 1. The lowest BCUT2D eigenvalue weighted by atomic mass is 10.2. The van der Waals surface area contributed by atoms with Crippen molar-refractivity contribution in [3.05, 3.63) is 79.9 Å². The Morgan fingerprint density at radius 1 is 1.17 bits per heavy atom. The van der Waals surface area contributed by atoms with Crippen molar-refractivity contribution in [2.24, 2.45) is 0 Å². The molecule has 0 aliphatic heterocycles. The Morgan fingerprint density at radius 2 is 1.67 bits per heavy atom. The molecule has 1 aromatic carbocycles. The van der Waals surface area contributed by atoms with Crippen LogP contribution in [0.3, 0.4) is 0 Å². The molecule has 18 heavy (non-hydrogen) atoms. The Hall–Kier alpha value is -2.33. The van der Waals surface area contributed by atoms with Gasteiger partial charge in [-0.25, -0.2) is 0 Å². The molecule has 0 saturated carbocycles. The van der Waals surface area contributed by atoms with Gasteiger partial charge in [0.25, 0.3) is 0 Å². The highest BCUT2D eigenvalue weighted by molar-refractivity contribution is 5.45. The van der Waals surface area contributed by atoms with Gasteiger partial charge in [0.05, 0.1) is 6.07 Å². The molecule has 0 aliphatic carbocycles. The lowest BCUT2D eigenvalue weighted by Crippen LogP contribution is -1.64. The van der Waals surface area contributed by atoms with Crippen molar-refractivity contribution < 1.29 is 0 Å². The molecule has 94 valence electrons. The zero-order valence-corrected chi connectivity index (χ0v) is 11.1. The molecule has 1 nitrogen and oxygen atoms in total. The highest BCUT2D eigenvalue weighted by atomic mass is 14.2. The fourth-order valence-corrected chi connectivity index (χ4v) is 0.668. The van der Waals surface area contributed by atoms with Crippen LogP contribution in [0.1, 0.15) is 18.9 Å². The van der Waals surface area contributed by atoms with Crippen LogP contribution in [-0.2, 0) is 0 Å². The Labute approximate surface area is 111 Å². The van der Waals surface area contributed by atoms with Gasteiger partial charge in [0, 0.05) is 5.57 Å². The summed E-state index contributed by atoms with van der Waals surface area (Å²) in [5.41, 5.74) is 1.82. The molecule has 0 amide bonds. The van der Waals surface area contributed by atoms with Gasteiger partial charge in [-0.05, 0) is 12.0 Å². The number of nitrogens with zero attached hydrogens (tertiary/aromatic N) is 1. The molecular formula is C17H21N. The van der Waals surface area contributed by atoms with E-state index in [2.05, 4.69) is 26.3 Å². The van der Waals surface area contributed by atoms with Crippen molar-refractivity contribution in [1.29, 1.82) is 5.26 Å². The van der Waals surface area contributed by atoms with E-state index in [1.807, 2.05) is 49.4 Å². The maximum absolute atomic E-state index is 7.99. The first-order chi connectivity index (χ1) is 8.65. The molecule has 0 aliphatic rings. The van der Waals surface area contributed by atoms with Crippen LogP contribution >= 0.6 is 0 Å². The summed E-state index contributed by atoms with van der Waals surface area (Å²) in [6.45, 7) is 15.7. The van der Waals surface area contributed by atoms with Crippen LogP contribution in [0.15, 0.2) is 74.4 Å². The Morgan fingerprint density at radius 3 is 1.83 bits per heavy atom. The van der Waals surface area contributed by atoms with E-state index in [1.165, 1.54) is 5.56 Å². The standard InChI is InChI=1S/C8H8.C5H7N.C4H6/c1-2-8-6-4-3-5-7-8;1-3-5(2)4-6;1-3-4-2/h2-7H,1H2;2-3H2,1H3;3-4H,1-2H2. The van der Waals surface area contributed by atoms with Gasteiger partial charge < -0.3 is 0 Å². The largest absolute Gasteiger partial charge is 0.193 e. The second-order valence-electron chi connectivity index (χ2n) is 3.16. The number of benzene rings is 1. The maximum atomic E-state index is 7.99. The molecule has 0 radical (unpaired) electrons. The second kappa shape index (κ2) is 14.7. The van der Waals surface area contributed by atoms with Crippen LogP contribution in [0.4, 0.5) is 0 Å². The molecule has 0 heterocycles. The fraction of sp³-hybridized carbons (Fsp3) is 0.118. The molecule has 0 bridgehead atoms. The minimum Gasteiger partial charge on any atom is -0.193 e. The summed E-state index contributed by atoms with van der Waals surface area (Å²) in [4.78, 5) is 0. The summed E-state index contributed by atoms with van der Waals surface area (Å²) in [5.74, 6) is 0. The van der Waals surface area contributed by atoms with E-state index in [1.54, 1.807) is 12.2 Å².